The number of likely N-dealkylation sites (N-methyl/N-ethyl adjacent to an activating group) is 1. The predicted octanol–water partition coefficient (Wildman–Crippen LogP) is 0.789. The topological polar surface area (TPSA) is 32.3 Å². The Labute approximate surface area is 83.7 Å². The molecule has 3 nitrogen and oxygen atoms in total. The Morgan fingerprint density at radius 1 is 1.36 bits per heavy atom. The number of carbonyl (C=O) groups is 1. The van der Waals surface area contributed by atoms with Crippen molar-refractivity contribution in [2.75, 3.05) is 20.1 Å². The van der Waals surface area contributed by atoms with Gasteiger partial charge in [-0.25, -0.2) is 0 Å². The summed E-state index contributed by atoms with van der Waals surface area (Å²) in [6.45, 7) is 1.66. The fourth-order valence-electron chi connectivity index (χ4n) is 1.82. The van der Waals surface area contributed by atoms with E-state index in [9.17, 15) is 4.79 Å². The number of piperazine rings is 1. The van der Waals surface area contributed by atoms with Gasteiger partial charge < -0.3 is 5.32 Å². The first kappa shape index (κ1) is 9.21. The van der Waals surface area contributed by atoms with Crippen LogP contribution in [0.5, 0.6) is 0 Å². The number of amides is 1. The highest BCUT2D eigenvalue weighted by Crippen LogP contribution is 2.20. The molecule has 1 atom stereocenters. The molecule has 1 fully saturated rings. The Morgan fingerprint density at radius 2 is 2.07 bits per heavy atom. The summed E-state index contributed by atoms with van der Waals surface area (Å²) in [5.74, 6) is 0.102. The van der Waals surface area contributed by atoms with Gasteiger partial charge in [-0.2, -0.15) is 0 Å². The van der Waals surface area contributed by atoms with Crippen LogP contribution < -0.4 is 5.32 Å². The average molecular weight is 190 g/mol. The Morgan fingerprint density at radius 3 is 2.71 bits per heavy atom. The zero-order valence-electron chi connectivity index (χ0n) is 8.23. The van der Waals surface area contributed by atoms with Crippen molar-refractivity contribution in [2.45, 2.75) is 6.04 Å². The fourth-order valence-corrected chi connectivity index (χ4v) is 1.82. The lowest BCUT2D eigenvalue weighted by atomic mass is 10.0. The molecule has 0 saturated carbocycles. The van der Waals surface area contributed by atoms with Gasteiger partial charge in [0.1, 0.15) is 6.04 Å². The van der Waals surface area contributed by atoms with Crippen LogP contribution in [-0.4, -0.2) is 30.9 Å². The minimum absolute atomic E-state index is 0.102. The number of benzene rings is 1. The second kappa shape index (κ2) is 3.80. The van der Waals surface area contributed by atoms with Gasteiger partial charge >= 0.3 is 0 Å². The monoisotopic (exact) mass is 190 g/mol. The predicted molar refractivity (Wildman–Crippen MR) is 54.8 cm³/mol. The molecule has 1 aliphatic heterocycles. The van der Waals surface area contributed by atoms with Crippen molar-refractivity contribution in [2.24, 2.45) is 0 Å². The van der Waals surface area contributed by atoms with Crippen LogP contribution in [0.3, 0.4) is 0 Å². The lowest BCUT2D eigenvalue weighted by Crippen LogP contribution is -2.48. The molecule has 1 N–H and O–H groups in total. The molecule has 74 valence electrons. The molecule has 1 saturated heterocycles. The van der Waals surface area contributed by atoms with E-state index < -0.39 is 0 Å². The molecule has 3 heteroatoms. The van der Waals surface area contributed by atoms with Crippen molar-refractivity contribution >= 4 is 5.91 Å². The van der Waals surface area contributed by atoms with E-state index in [2.05, 4.69) is 10.2 Å². The van der Waals surface area contributed by atoms with Crippen molar-refractivity contribution in [1.82, 2.24) is 10.2 Å². The van der Waals surface area contributed by atoms with Crippen LogP contribution in [0.25, 0.3) is 0 Å². The first-order valence-electron chi connectivity index (χ1n) is 4.82. The highest BCUT2D eigenvalue weighted by molar-refractivity contribution is 5.83. The van der Waals surface area contributed by atoms with Crippen LogP contribution in [0.4, 0.5) is 0 Å². The van der Waals surface area contributed by atoms with Crippen molar-refractivity contribution in [3.63, 3.8) is 0 Å². The Balaban J connectivity index is 2.27. The molecule has 14 heavy (non-hydrogen) atoms. The van der Waals surface area contributed by atoms with Gasteiger partial charge in [-0.15, -0.1) is 0 Å². The number of hydrogen-bond donors (Lipinski definition) is 1. The first-order valence-corrected chi connectivity index (χ1v) is 4.82. The van der Waals surface area contributed by atoms with E-state index in [0.29, 0.717) is 0 Å². The highest BCUT2D eigenvalue weighted by atomic mass is 16.2. The molecular formula is C11H14N2O. The van der Waals surface area contributed by atoms with Crippen molar-refractivity contribution in [1.29, 1.82) is 0 Å². The van der Waals surface area contributed by atoms with E-state index in [1.165, 1.54) is 0 Å². The van der Waals surface area contributed by atoms with E-state index in [0.717, 1.165) is 18.7 Å². The Bertz CT molecular complexity index is 323. The third-order valence-electron chi connectivity index (χ3n) is 2.57. The molecule has 0 radical (unpaired) electrons. The summed E-state index contributed by atoms with van der Waals surface area (Å²) in [6.07, 6.45) is 0. The van der Waals surface area contributed by atoms with E-state index >= 15 is 0 Å². The SMILES string of the molecule is CN1CCNC(=O)C1c1ccccc1. The molecule has 0 spiro atoms. The fraction of sp³-hybridized carbons (Fsp3) is 0.364. The summed E-state index contributed by atoms with van der Waals surface area (Å²) < 4.78 is 0. The molecule has 1 aromatic carbocycles. The second-order valence-corrected chi connectivity index (χ2v) is 3.58. The third kappa shape index (κ3) is 1.63. The molecule has 0 aliphatic carbocycles. The van der Waals surface area contributed by atoms with Crippen LogP contribution in [-0.2, 0) is 4.79 Å². The van der Waals surface area contributed by atoms with E-state index in [1.807, 2.05) is 37.4 Å². The van der Waals surface area contributed by atoms with Crippen LogP contribution >= 0.6 is 0 Å². The van der Waals surface area contributed by atoms with Gasteiger partial charge in [0.25, 0.3) is 0 Å². The number of nitrogens with zero attached hydrogens (tertiary/aromatic N) is 1. The van der Waals surface area contributed by atoms with Gasteiger partial charge in [-0.1, -0.05) is 30.3 Å². The summed E-state index contributed by atoms with van der Waals surface area (Å²) in [6, 6.07) is 9.75. The molecule has 1 heterocycles. The van der Waals surface area contributed by atoms with E-state index in [1.54, 1.807) is 0 Å². The Hall–Kier alpha value is -1.35. The summed E-state index contributed by atoms with van der Waals surface area (Å²) in [5, 5.41) is 2.88. The summed E-state index contributed by atoms with van der Waals surface area (Å²) in [4.78, 5) is 13.7. The van der Waals surface area contributed by atoms with Gasteiger partial charge in [0.2, 0.25) is 5.91 Å². The molecule has 1 aliphatic rings. The Kier molecular flexibility index (Phi) is 2.50. The van der Waals surface area contributed by atoms with Gasteiger partial charge in [-0.05, 0) is 12.6 Å². The minimum atomic E-state index is -0.120. The minimum Gasteiger partial charge on any atom is -0.353 e. The molecule has 1 amide bonds. The zero-order chi connectivity index (χ0) is 9.97. The molecule has 0 bridgehead atoms. The van der Waals surface area contributed by atoms with Gasteiger partial charge in [0.05, 0.1) is 0 Å². The molecule has 0 aromatic heterocycles. The average Bonchev–Trinajstić information content (AvgIpc) is 2.19. The number of nitrogens with one attached hydrogen (secondary N) is 1. The largest absolute Gasteiger partial charge is 0.353 e. The van der Waals surface area contributed by atoms with Crippen molar-refractivity contribution in [3.8, 4) is 0 Å². The van der Waals surface area contributed by atoms with E-state index in [-0.39, 0.29) is 11.9 Å². The molecular weight excluding hydrogens is 176 g/mol. The van der Waals surface area contributed by atoms with E-state index in [4.69, 9.17) is 0 Å². The van der Waals surface area contributed by atoms with Crippen molar-refractivity contribution < 1.29 is 4.79 Å². The van der Waals surface area contributed by atoms with Gasteiger partial charge in [-0.3, -0.25) is 9.69 Å². The lowest BCUT2D eigenvalue weighted by molar-refractivity contribution is -0.128. The normalized spacial score (nSPS) is 23.2. The highest BCUT2D eigenvalue weighted by Gasteiger charge is 2.27. The standard InChI is InChI=1S/C11H14N2O/c1-13-8-7-12-11(14)10(13)9-5-3-2-4-6-9/h2-6,10H,7-8H2,1H3,(H,12,14). The summed E-state index contributed by atoms with van der Waals surface area (Å²) in [7, 11) is 1.98. The van der Waals surface area contributed by atoms with Gasteiger partial charge in [0, 0.05) is 13.1 Å². The second-order valence-electron chi connectivity index (χ2n) is 3.58. The lowest BCUT2D eigenvalue weighted by Gasteiger charge is -2.31. The quantitative estimate of drug-likeness (QED) is 0.710. The molecule has 1 unspecified atom stereocenters. The van der Waals surface area contributed by atoms with Crippen LogP contribution in [0.2, 0.25) is 0 Å². The van der Waals surface area contributed by atoms with Crippen molar-refractivity contribution in [3.05, 3.63) is 35.9 Å². The maximum absolute atomic E-state index is 11.7. The first-order chi connectivity index (χ1) is 6.79. The third-order valence-corrected chi connectivity index (χ3v) is 2.57. The summed E-state index contributed by atoms with van der Waals surface area (Å²) >= 11 is 0. The molecule has 2 rings (SSSR count). The smallest absolute Gasteiger partial charge is 0.241 e. The van der Waals surface area contributed by atoms with Crippen LogP contribution in [0.1, 0.15) is 11.6 Å². The van der Waals surface area contributed by atoms with Crippen LogP contribution in [0.15, 0.2) is 30.3 Å². The number of rotatable bonds is 1. The summed E-state index contributed by atoms with van der Waals surface area (Å²) in [5.41, 5.74) is 1.06. The molecule has 1 aromatic rings. The van der Waals surface area contributed by atoms with Crippen LogP contribution in [0, 0.1) is 0 Å². The maximum atomic E-state index is 11.7. The zero-order valence-corrected chi connectivity index (χ0v) is 8.23. The van der Waals surface area contributed by atoms with Gasteiger partial charge in [0.15, 0.2) is 0 Å². The number of carbonyl (C=O) groups excluding carboxylic acids is 1. The number of hydrogen-bond acceptors (Lipinski definition) is 2. The maximum Gasteiger partial charge on any atom is 0.241 e.